The van der Waals surface area contributed by atoms with Crippen LogP contribution < -0.4 is 9.54 Å². The summed E-state index contributed by atoms with van der Waals surface area (Å²) in [5.41, 5.74) is 0.611. The van der Waals surface area contributed by atoms with Gasteiger partial charge in [-0.05, 0) is 49.4 Å². The van der Waals surface area contributed by atoms with E-state index in [-0.39, 0.29) is 30.4 Å². The summed E-state index contributed by atoms with van der Waals surface area (Å²) in [6.45, 7) is 1.81. The van der Waals surface area contributed by atoms with E-state index in [4.69, 9.17) is 9.47 Å². The number of esters is 1. The maximum absolute atomic E-state index is 12.6. The van der Waals surface area contributed by atoms with Gasteiger partial charge in [0.1, 0.15) is 12.3 Å². The van der Waals surface area contributed by atoms with Gasteiger partial charge in [0.15, 0.2) is 14.6 Å². The first-order chi connectivity index (χ1) is 15.7. The lowest BCUT2D eigenvalue weighted by atomic mass is 10.3. The van der Waals surface area contributed by atoms with Gasteiger partial charge < -0.3 is 14.0 Å². The van der Waals surface area contributed by atoms with Gasteiger partial charge >= 0.3 is 5.97 Å². The number of sulfone groups is 1. The largest absolute Gasteiger partial charge is 0.497 e. The third-order valence-electron chi connectivity index (χ3n) is 4.54. The molecule has 0 spiro atoms. The van der Waals surface area contributed by atoms with Crippen molar-refractivity contribution >= 4 is 55.0 Å². The van der Waals surface area contributed by atoms with Gasteiger partial charge in [0.25, 0.3) is 0 Å². The molecule has 11 heteroatoms. The number of fused-ring (bicyclic) bond motifs is 1. The Morgan fingerprint density at radius 2 is 1.88 bits per heavy atom. The molecule has 8 nitrogen and oxygen atoms in total. The van der Waals surface area contributed by atoms with E-state index < -0.39 is 15.8 Å². The summed E-state index contributed by atoms with van der Waals surface area (Å²) in [4.78, 5) is 30.4. The summed E-state index contributed by atoms with van der Waals surface area (Å²) in [5.74, 6) is 0.507. The maximum atomic E-state index is 12.6. The Balaban J connectivity index is 1.84. The number of thioether (sulfide) groups is 1. The second kappa shape index (κ2) is 11.0. The predicted molar refractivity (Wildman–Crippen MR) is 128 cm³/mol. The van der Waals surface area contributed by atoms with Crippen molar-refractivity contribution in [3.05, 3.63) is 47.3 Å². The minimum Gasteiger partial charge on any atom is -0.497 e. The first-order valence-electron chi connectivity index (χ1n) is 10.0. The molecule has 0 aliphatic carbocycles. The molecule has 0 radical (unpaired) electrons. The lowest BCUT2D eigenvalue weighted by Crippen LogP contribution is -2.23. The Morgan fingerprint density at radius 1 is 1.15 bits per heavy atom. The number of carbonyl (C=O) groups is 2. The van der Waals surface area contributed by atoms with Gasteiger partial charge in [-0.25, -0.2) is 8.42 Å². The highest BCUT2D eigenvalue weighted by atomic mass is 32.2. The number of methoxy groups -OCH3 is 1. The molecule has 0 saturated heterocycles. The average Bonchev–Trinajstić information content (AvgIpc) is 3.09. The van der Waals surface area contributed by atoms with Gasteiger partial charge in [-0.15, -0.1) is 11.8 Å². The number of ether oxygens (including phenoxy) is 2. The van der Waals surface area contributed by atoms with Crippen LogP contribution in [-0.4, -0.2) is 50.6 Å². The van der Waals surface area contributed by atoms with E-state index in [1.807, 2.05) is 24.3 Å². The summed E-state index contributed by atoms with van der Waals surface area (Å²) in [6, 6.07) is 12.2. The molecule has 0 aliphatic rings. The summed E-state index contributed by atoms with van der Waals surface area (Å²) >= 11 is 2.69. The van der Waals surface area contributed by atoms with E-state index in [2.05, 4.69) is 4.99 Å². The number of rotatable bonds is 9. The van der Waals surface area contributed by atoms with Crippen LogP contribution in [0.2, 0.25) is 0 Å². The molecule has 33 heavy (non-hydrogen) atoms. The fourth-order valence-electron chi connectivity index (χ4n) is 2.95. The van der Waals surface area contributed by atoms with Crippen LogP contribution in [0.1, 0.15) is 13.3 Å². The van der Waals surface area contributed by atoms with Gasteiger partial charge in [-0.3, -0.25) is 9.59 Å². The van der Waals surface area contributed by atoms with Crippen molar-refractivity contribution in [3.63, 3.8) is 0 Å². The molecule has 3 aromatic rings. The molecule has 2 aromatic carbocycles. The van der Waals surface area contributed by atoms with E-state index in [0.29, 0.717) is 20.8 Å². The molecule has 1 amide bonds. The Hall–Kier alpha value is -2.63. The summed E-state index contributed by atoms with van der Waals surface area (Å²) < 4.78 is 36.2. The molecule has 0 unspecified atom stereocenters. The molecule has 0 N–H and O–H groups in total. The molecule has 1 heterocycles. The van der Waals surface area contributed by atoms with E-state index in [1.165, 1.54) is 23.9 Å². The number of hydrogen-bond donors (Lipinski definition) is 0. The normalized spacial score (nSPS) is 12.2. The van der Waals surface area contributed by atoms with Gasteiger partial charge in [0, 0.05) is 23.3 Å². The molecule has 3 rings (SSSR count). The van der Waals surface area contributed by atoms with Crippen LogP contribution in [0.5, 0.6) is 5.75 Å². The van der Waals surface area contributed by atoms with Crippen LogP contribution in [0.25, 0.3) is 10.2 Å². The fourth-order valence-corrected chi connectivity index (χ4v) is 5.60. The molecule has 0 bridgehead atoms. The van der Waals surface area contributed by atoms with Gasteiger partial charge in [0.2, 0.25) is 5.91 Å². The monoisotopic (exact) mass is 508 g/mol. The summed E-state index contributed by atoms with van der Waals surface area (Å²) in [7, 11) is -1.79. The lowest BCUT2D eigenvalue weighted by molar-refractivity contribution is -0.143. The fraction of sp³-hybridized carbons (Fsp3) is 0.318. The number of carbonyl (C=O) groups excluding carboxylic acids is 2. The Labute approximate surface area is 200 Å². The van der Waals surface area contributed by atoms with Crippen molar-refractivity contribution in [2.75, 3.05) is 25.7 Å². The summed E-state index contributed by atoms with van der Waals surface area (Å²) in [5, 5.41) is 0. The van der Waals surface area contributed by atoms with Crippen LogP contribution in [0.4, 0.5) is 0 Å². The topological polar surface area (TPSA) is 104 Å². The number of hydrogen-bond acceptors (Lipinski definition) is 8. The number of amides is 1. The standard InChI is InChI=1S/C22H24N2O6S3/c1-4-30-21(26)14-24-18-10-9-17(33(3,27)28)13-19(18)32-22(24)23-20(25)11-12-31-16-7-5-15(29-2)6-8-16/h5-10,13H,4,11-12,14H2,1-3H3. The number of benzene rings is 2. The molecular weight excluding hydrogens is 484 g/mol. The van der Waals surface area contributed by atoms with E-state index in [0.717, 1.165) is 28.2 Å². The molecule has 0 saturated carbocycles. The SMILES string of the molecule is CCOC(=O)Cn1c(=NC(=O)CCSc2ccc(OC)cc2)sc2cc(S(C)(=O)=O)ccc21. The molecule has 0 aliphatic heterocycles. The minimum atomic E-state index is -3.40. The van der Waals surface area contributed by atoms with E-state index >= 15 is 0 Å². The van der Waals surface area contributed by atoms with Crippen molar-refractivity contribution in [2.45, 2.75) is 29.7 Å². The Kier molecular flexibility index (Phi) is 8.33. The Bertz CT molecular complexity index is 1320. The predicted octanol–water partition coefficient (Wildman–Crippen LogP) is 3.29. The number of aromatic nitrogens is 1. The second-order valence-corrected chi connectivity index (χ2v) is 11.2. The second-order valence-electron chi connectivity index (χ2n) is 6.96. The van der Waals surface area contributed by atoms with Crippen LogP contribution in [0.3, 0.4) is 0 Å². The van der Waals surface area contributed by atoms with Crippen molar-refractivity contribution in [2.24, 2.45) is 4.99 Å². The van der Waals surface area contributed by atoms with Crippen molar-refractivity contribution in [1.29, 1.82) is 0 Å². The molecule has 1 aromatic heterocycles. The first kappa shape index (κ1) is 25.0. The zero-order valence-corrected chi connectivity index (χ0v) is 20.9. The van der Waals surface area contributed by atoms with Gasteiger partial charge in [-0.1, -0.05) is 11.3 Å². The maximum Gasteiger partial charge on any atom is 0.326 e. The van der Waals surface area contributed by atoms with Crippen molar-refractivity contribution < 1.29 is 27.5 Å². The van der Waals surface area contributed by atoms with E-state index in [9.17, 15) is 18.0 Å². The highest BCUT2D eigenvalue weighted by Crippen LogP contribution is 2.23. The molecule has 0 fully saturated rings. The third kappa shape index (κ3) is 6.68. The first-order valence-corrected chi connectivity index (χ1v) is 13.7. The van der Waals surface area contributed by atoms with Crippen molar-refractivity contribution in [3.8, 4) is 5.75 Å². The zero-order valence-electron chi connectivity index (χ0n) is 18.4. The van der Waals surface area contributed by atoms with Crippen LogP contribution in [0, 0.1) is 0 Å². The average molecular weight is 509 g/mol. The molecule has 0 atom stereocenters. The molecule has 176 valence electrons. The third-order valence-corrected chi connectivity index (χ3v) is 7.70. The van der Waals surface area contributed by atoms with Crippen LogP contribution >= 0.6 is 23.1 Å². The number of nitrogens with zero attached hydrogens (tertiary/aromatic N) is 2. The lowest BCUT2D eigenvalue weighted by Gasteiger charge is -2.05. The van der Waals surface area contributed by atoms with Gasteiger partial charge in [0.05, 0.1) is 28.8 Å². The smallest absolute Gasteiger partial charge is 0.326 e. The van der Waals surface area contributed by atoms with Crippen LogP contribution in [0.15, 0.2) is 57.2 Å². The zero-order chi connectivity index (χ0) is 24.0. The van der Waals surface area contributed by atoms with Gasteiger partial charge in [-0.2, -0.15) is 4.99 Å². The van der Waals surface area contributed by atoms with Crippen LogP contribution in [-0.2, 0) is 30.7 Å². The molecular formula is C22H24N2O6S3. The highest BCUT2D eigenvalue weighted by molar-refractivity contribution is 7.99. The summed E-state index contributed by atoms with van der Waals surface area (Å²) in [6.07, 6.45) is 1.34. The van der Waals surface area contributed by atoms with E-state index in [1.54, 1.807) is 24.7 Å². The Morgan fingerprint density at radius 3 is 2.52 bits per heavy atom. The minimum absolute atomic E-state index is 0.126. The quantitative estimate of drug-likeness (QED) is 0.323. The van der Waals surface area contributed by atoms with Crippen molar-refractivity contribution in [1.82, 2.24) is 4.57 Å². The number of thiazole rings is 1. The highest BCUT2D eigenvalue weighted by Gasteiger charge is 2.15.